The van der Waals surface area contributed by atoms with E-state index in [4.69, 9.17) is 10.8 Å². The van der Waals surface area contributed by atoms with Crippen molar-refractivity contribution in [1.82, 2.24) is 20.2 Å². The third kappa shape index (κ3) is 1.76. The van der Waals surface area contributed by atoms with Crippen LogP contribution in [0.15, 0.2) is 0 Å². The van der Waals surface area contributed by atoms with Gasteiger partial charge in [-0.25, -0.2) is 4.68 Å². The van der Waals surface area contributed by atoms with Crippen LogP contribution in [0.4, 0.5) is 0 Å². The molecule has 0 spiro atoms. The van der Waals surface area contributed by atoms with Gasteiger partial charge in [-0.1, -0.05) is 0 Å². The Morgan fingerprint density at radius 2 is 2.50 bits per heavy atom. The summed E-state index contributed by atoms with van der Waals surface area (Å²) >= 11 is 0. The quantitative estimate of drug-likeness (QED) is 0.584. The Bertz CT molecular complexity index is 283. The second-order valence-corrected chi connectivity index (χ2v) is 2.37. The number of nitrogens with zero attached hydrogens (tertiary/aromatic N) is 4. The molecule has 0 radical (unpaired) electrons. The summed E-state index contributed by atoms with van der Waals surface area (Å²) in [5.74, 6) is -0.595. The third-order valence-electron chi connectivity index (χ3n) is 1.38. The predicted octanol–water partition coefficient (Wildman–Crippen LogP) is -1.32. The molecule has 0 bridgehead atoms. The van der Waals surface area contributed by atoms with Gasteiger partial charge in [-0.3, -0.25) is 4.79 Å². The SMILES string of the molecule is Cn1nnnc1C(N)CC(=O)O. The van der Waals surface area contributed by atoms with Gasteiger partial charge in [0.15, 0.2) is 5.82 Å². The number of nitrogens with two attached hydrogens (primary N) is 1. The van der Waals surface area contributed by atoms with E-state index in [9.17, 15) is 4.79 Å². The van der Waals surface area contributed by atoms with Crippen molar-refractivity contribution < 1.29 is 9.90 Å². The highest BCUT2D eigenvalue weighted by atomic mass is 16.4. The van der Waals surface area contributed by atoms with Crippen LogP contribution in [0.3, 0.4) is 0 Å². The van der Waals surface area contributed by atoms with E-state index in [-0.39, 0.29) is 6.42 Å². The fourth-order valence-electron chi connectivity index (χ4n) is 0.830. The first-order valence-corrected chi connectivity index (χ1v) is 3.31. The van der Waals surface area contributed by atoms with E-state index in [2.05, 4.69) is 15.5 Å². The van der Waals surface area contributed by atoms with Crippen molar-refractivity contribution in [2.75, 3.05) is 0 Å². The number of carboxylic acids is 1. The van der Waals surface area contributed by atoms with E-state index in [1.54, 1.807) is 7.05 Å². The molecule has 3 N–H and O–H groups in total. The van der Waals surface area contributed by atoms with Crippen LogP contribution in [-0.4, -0.2) is 31.3 Å². The van der Waals surface area contributed by atoms with Crippen LogP contribution in [0.5, 0.6) is 0 Å². The summed E-state index contributed by atoms with van der Waals surface area (Å²) in [4.78, 5) is 10.3. The highest BCUT2D eigenvalue weighted by Crippen LogP contribution is 2.07. The van der Waals surface area contributed by atoms with E-state index >= 15 is 0 Å². The van der Waals surface area contributed by atoms with Gasteiger partial charge in [-0.2, -0.15) is 0 Å². The lowest BCUT2D eigenvalue weighted by Gasteiger charge is -2.04. The largest absolute Gasteiger partial charge is 0.481 e. The number of hydrogen-bond acceptors (Lipinski definition) is 5. The Balaban J connectivity index is 2.71. The number of carboxylic acid groups (broad SMARTS) is 1. The van der Waals surface area contributed by atoms with Gasteiger partial charge >= 0.3 is 5.97 Å². The van der Waals surface area contributed by atoms with Crippen molar-refractivity contribution in [1.29, 1.82) is 0 Å². The Kier molecular flexibility index (Phi) is 2.34. The average Bonchev–Trinajstić information content (AvgIpc) is 2.33. The van der Waals surface area contributed by atoms with Crippen molar-refractivity contribution in [3.63, 3.8) is 0 Å². The van der Waals surface area contributed by atoms with Gasteiger partial charge in [0, 0.05) is 7.05 Å². The highest BCUT2D eigenvalue weighted by Gasteiger charge is 2.15. The lowest BCUT2D eigenvalue weighted by molar-refractivity contribution is -0.137. The monoisotopic (exact) mass is 171 g/mol. The fraction of sp³-hybridized carbons (Fsp3) is 0.600. The van der Waals surface area contributed by atoms with Crippen LogP contribution < -0.4 is 5.73 Å². The number of hydrogen-bond donors (Lipinski definition) is 2. The molecule has 1 heterocycles. The molecule has 7 nitrogen and oxygen atoms in total. The number of aliphatic carboxylic acids is 1. The van der Waals surface area contributed by atoms with Gasteiger partial charge in [0.05, 0.1) is 12.5 Å². The molecule has 7 heteroatoms. The molecular formula is C5H9N5O2. The molecule has 1 aromatic rings. The topological polar surface area (TPSA) is 107 Å². The molecule has 1 aromatic heterocycles. The maximum Gasteiger partial charge on any atom is 0.305 e. The van der Waals surface area contributed by atoms with Crippen LogP contribution in [0.25, 0.3) is 0 Å². The first-order chi connectivity index (χ1) is 5.61. The van der Waals surface area contributed by atoms with Crippen molar-refractivity contribution in [3.05, 3.63) is 5.82 Å². The maximum absolute atomic E-state index is 10.3. The minimum Gasteiger partial charge on any atom is -0.481 e. The minimum absolute atomic E-state index is 0.172. The van der Waals surface area contributed by atoms with E-state index < -0.39 is 12.0 Å². The minimum atomic E-state index is -0.967. The number of aryl methyl sites for hydroxylation is 1. The third-order valence-corrected chi connectivity index (χ3v) is 1.38. The zero-order chi connectivity index (χ0) is 9.14. The molecule has 0 aliphatic carbocycles. The second-order valence-electron chi connectivity index (χ2n) is 2.37. The predicted molar refractivity (Wildman–Crippen MR) is 38.0 cm³/mol. The Labute approximate surface area is 68.2 Å². The van der Waals surface area contributed by atoms with Crippen molar-refractivity contribution in [2.24, 2.45) is 12.8 Å². The smallest absolute Gasteiger partial charge is 0.305 e. The molecular weight excluding hydrogens is 162 g/mol. The molecule has 0 aliphatic heterocycles. The normalized spacial score (nSPS) is 12.8. The molecule has 0 amide bonds. The zero-order valence-electron chi connectivity index (χ0n) is 6.51. The average molecular weight is 171 g/mol. The van der Waals surface area contributed by atoms with Gasteiger partial charge in [0.1, 0.15) is 0 Å². The number of tetrazole rings is 1. The fourth-order valence-corrected chi connectivity index (χ4v) is 0.830. The van der Waals surface area contributed by atoms with Crippen molar-refractivity contribution >= 4 is 5.97 Å². The molecule has 0 saturated heterocycles. The molecule has 12 heavy (non-hydrogen) atoms. The van der Waals surface area contributed by atoms with Gasteiger partial charge in [-0.05, 0) is 10.4 Å². The number of aromatic nitrogens is 4. The van der Waals surface area contributed by atoms with Crippen LogP contribution in [0, 0.1) is 0 Å². The molecule has 1 rings (SSSR count). The summed E-state index contributed by atoms with van der Waals surface area (Å²) in [6.45, 7) is 0. The van der Waals surface area contributed by atoms with Crippen LogP contribution >= 0.6 is 0 Å². The lowest BCUT2D eigenvalue weighted by Crippen LogP contribution is -2.19. The standard InChI is InChI=1S/C5H9N5O2/c1-10-5(7-8-9-10)3(6)2-4(11)12/h3H,2,6H2,1H3,(H,11,12). The van der Waals surface area contributed by atoms with Gasteiger partial charge in [0.2, 0.25) is 0 Å². The molecule has 0 aliphatic rings. The number of carbonyl (C=O) groups is 1. The summed E-state index contributed by atoms with van der Waals surface area (Å²) < 4.78 is 1.35. The zero-order valence-corrected chi connectivity index (χ0v) is 6.51. The van der Waals surface area contributed by atoms with Crippen LogP contribution in [0.1, 0.15) is 18.3 Å². The maximum atomic E-state index is 10.3. The summed E-state index contributed by atoms with van der Waals surface area (Å²) in [6.07, 6.45) is -0.172. The van der Waals surface area contributed by atoms with E-state index in [1.807, 2.05) is 0 Å². The molecule has 0 aromatic carbocycles. The van der Waals surface area contributed by atoms with Crippen molar-refractivity contribution in [3.8, 4) is 0 Å². The Morgan fingerprint density at radius 3 is 2.92 bits per heavy atom. The Hall–Kier alpha value is -1.50. The summed E-state index contributed by atoms with van der Waals surface area (Å²) in [5, 5.41) is 18.9. The van der Waals surface area contributed by atoms with E-state index in [1.165, 1.54) is 4.68 Å². The van der Waals surface area contributed by atoms with Gasteiger partial charge in [-0.15, -0.1) is 5.10 Å². The molecule has 0 fully saturated rings. The molecule has 0 saturated carbocycles. The first kappa shape index (κ1) is 8.60. The Morgan fingerprint density at radius 1 is 1.83 bits per heavy atom. The first-order valence-electron chi connectivity index (χ1n) is 3.31. The summed E-state index contributed by atoms with van der Waals surface area (Å²) in [7, 11) is 1.61. The van der Waals surface area contributed by atoms with Gasteiger partial charge < -0.3 is 10.8 Å². The lowest BCUT2D eigenvalue weighted by atomic mass is 10.2. The summed E-state index contributed by atoms with van der Waals surface area (Å²) in [6, 6.07) is -0.650. The molecule has 1 atom stereocenters. The van der Waals surface area contributed by atoms with Crippen molar-refractivity contribution in [2.45, 2.75) is 12.5 Å². The van der Waals surface area contributed by atoms with Crippen LogP contribution in [0.2, 0.25) is 0 Å². The highest BCUT2D eigenvalue weighted by molar-refractivity contribution is 5.67. The molecule has 66 valence electrons. The number of rotatable bonds is 3. The second kappa shape index (κ2) is 3.26. The summed E-state index contributed by atoms with van der Waals surface area (Å²) in [5.41, 5.74) is 5.50. The van der Waals surface area contributed by atoms with E-state index in [0.29, 0.717) is 5.82 Å². The van der Waals surface area contributed by atoms with Crippen LogP contribution in [-0.2, 0) is 11.8 Å². The van der Waals surface area contributed by atoms with Gasteiger partial charge in [0.25, 0.3) is 0 Å². The van der Waals surface area contributed by atoms with E-state index in [0.717, 1.165) is 0 Å². The molecule has 1 unspecified atom stereocenters.